The molecule has 1 saturated heterocycles. The van der Waals surface area contributed by atoms with Crippen LogP contribution in [0.3, 0.4) is 0 Å². The molecule has 1 aliphatic rings. The van der Waals surface area contributed by atoms with Crippen molar-refractivity contribution in [3.05, 3.63) is 35.1 Å². The number of rotatable bonds is 3. The molecule has 0 radical (unpaired) electrons. The van der Waals surface area contributed by atoms with Gasteiger partial charge in [-0.1, -0.05) is 26.0 Å². The Balaban J connectivity index is 2.08. The number of benzene rings is 1. The van der Waals surface area contributed by atoms with Gasteiger partial charge in [0.2, 0.25) is 0 Å². The Labute approximate surface area is 97.3 Å². The highest BCUT2D eigenvalue weighted by Gasteiger charge is 2.13. The summed E-state index contributed by atoms with van der Waals surface area (Å²) in [6.45, 7) is 7.27. The third kappa shape index (κ3) is 2.62. The lowest BCUT2D eigenvalue weighted by Gasteiger charge is -2.15. The molecule has 0 amide bonds. The summed E-state index contributed by atoms with van der Waals surface area (Å²) < 4.78 is 13.8. The first-order valence-electron chi connectivity index (χ1n) is 6.17. The zero-order valence-corrected chi connectivity index (χ0v) is 10.2. The predicted molar refractivity (Wildman–Crippen MR) is 65.0 cm³/mol. The quantitative estimate of drug-likeness (QED) is 0.754. The average Bonchev–Trinajstić information content (AvgIpc) is 2.70. The van der Waals surface area contributed by atoms with Gasteiger partial charge in [0.15, 0.2) is 0 Å². The molecule has 2 heteroatoms. The van der Waals surface area contributed by atoms with Crippen LogP contribution in [0.5, 0.6) is 0 Å². The van der Waals surface area contributed by atoms with Gasteiger partial charge in [-0.15, -0.1) is 0 Å². The molecule has 0 N–H and O–H groups in total. The first kappa shape index (κ1) is 11.6. The van der Waals surface area contributed by atoms with E-state index in [1.807, 2.05) is 19.9 Å². The maximum Gasteiger partial charge on any atom is 0.126 e. The molecule has 0 unspecified atom stereocenters. The summed E-state index contributed by atoms with van der Waals surface area (Å²) in [5, 5.41) is 0. The normalized spacial score (nSPS) is 17.2. The molecule has 0 atom stereocenters. The summed E-state index contributed by atoms with van der Waals surface area (Å²) in [7, 11) is 0. The van der Waals surface area contributed by atoms with Crippen LogP contribution in [0.15, 0.2) is 18.2 Å². The molecule has 1 heterocycles. The van der Waals surface area contributed by atoms with Crippen LogP contribution in [0.4, 0.5) is 4.39 Å². The molecule has 0 spiro atoms. The van der Waals surface area contributed by atoms with Crippen molar-refractivity contribution in [2.24, 2.45) is 0 Å². The summed E-state index contributed by atoms with van der Waals surface area (Å²) >= 11 is 0. The van der Waals surface area contributed by atoms with E-state index in [4.69, 9.17) is 0 Å². The van der Waals surface area contributed by atoms with Crippen molar-refractivity contribution in [3.8, 4) is 0 Å². The zero-order valence-electron chi connectivity index (χ0n) is 10.2. The third-order valence-electron chi connectivity index (χ3n) is 3.29. The number of likely N-dealkylation sites (tertiary alicyclic amines) is 1. The second-order valence-corrected chi connectivity index (χ2v) is 4.99. The fourth-order valence-electron chi connectivity index (χ4n) is 2.34. The van der Waals surface area contributed by atoms with Crippen molar-refractivity contribution in [1.82, 2.24) is 4.90 Å². The van der Waals surface area contributed by atoms with Gasteiger partial charge in [-0.2, -0.15) is 0 Å². The number of hydrogen-bond donors (Lipinski definition) is 0. The lowest BCUT2D eigenvalue weighted by atomic mass is 10.0. The van der Waals surface area contributed by atoms with E-state index in [0.717, 1.165) is 30.8 Å². The summed E-state index contributed by atoms with van der Waals surface area (Å²) in [6, 6.07) is 5.70. The Morgan fingerprint density at radius 1 is 1.25 bits per heavy atom. The van der Waals surface area contributed by atoms with Gasteiger partial charge >= 0.3 is 0 Å². The van der Waals surface area contributed by atoms with Crippen LogP contribution >= 0.6 is 0 Å². The van der Waals surface area contributed by atoms with E-state index in [-0.39, 0.29) is 11.7 Å². The van der Waals surface area contributed by atoms with Gasteiger partial charge in [0.05, 0.1) is 0 Å². The van der Waals surface area contributed by atoms with Crippen molar-refractivity contribution in [2.45, 2.75) is 39.2 Å². The van der Waals surface area contributed by atoms with E-state index in [1.165, 1.54) is 12.8 Å². The maximum atomic E-state index is 13.8. The van der Waals surface area contributed by atoms with E-state index >= 15 is 0 Å². The topological polar surface area (TPSA) is 3.24 Å². The van der Waals surface area contributed by atoms with E-state index in [2.05, 4.69) is 11.0 Å². The lowest BCUT2D eigenvalue weighted by molar-refractivity contribution is 0.331. The monoisotopic (exact) mass is 221 g/mol. The summed E-state index contributed by atoms with van der Waals surface area (Å²) in [5.41, 5.74) is 1.92. The Hall–Kier alpha value is -0.890. The van der Waals surface area contributed by atoms with Crippen LogP contribution in [0.2, 0.25) is 0 Å². The average molecular weight is 221 g/mol. The van der Waals surface area contributed by atoms with Crippen molar-refractivity contribution < 1.29 is 4.39 Å². The first-order valence-corrected chi connectivity index (χ1v) is 6.17. The van der Waals surface area contributed by atoms with E-state index in [9.17, 15) is 4.39 Å². The van der Waals surface area contributed by atoms with Crippen LogP contribution in [0.1, 0.15) is 43.7 Å². The molecular weight excluding hydrogens is 201 g/mol. The van der Waals surface area contributed by atoms with Gasteiger partial charge in [0.25, 0.3) is 0 Å². The highest BCUT2D eigenvalue weighted by Crippen LogP contribution is 2.21. The molecule has 2 rings (SSSR count). The highest BCUT2D eigenvalue weighted by atomic mass is 19.1. The van der Waals surface area contributed by atoms with Crippen LogP contribution in [0.25, 0.3) is 0 Å². The Morgan fingerprint density at radius 2 is 1.94 bits per heavy atom. The van der Waals surface area contributed by atoms with Gasteiger partial charge in [-0.05, 0) is 49.0 Å². The van der Waals surface area contributed by atoms with Crippen LogP contribution in [0, 0.1) is 5.82 Å². The molecule has 88 valence electrons. The van der Waals surface area contributed by atoms with Crippen LogP contribution in [-0.4, -0.2) is 18.0 Å². The molecular formula is C14H20FN. The molecule has 1 aromatic rings. The number of hydrogen-bond acceptors (Lipinski definition) is 1. The van der Waals surface area contributed by atoms with E-state index < -0.39 is 0 Å². The Morgan fingerprint density at radius 3 is 2.50 bits per heavy atom. The minimum absolute atomic E-state index is 0.0494. The lowest BCUT2D eigenvalue weighted by Crippen LogP contribution is -2.18. The van der Waals surface area contributed by atoms with Gasteiger partial charge in [0.1, 0.15) is 5.82 Å². The van der Waals surface area contributed by atoms with Gasteiger partial charge in [-0.3, -0.25) is 4.90 Å². The molecule has 1 nitrogen and oxygen atoms in total. The fraction of sp³-hybridized carbons (Fsp3) is 0.571. The Bertz CT molecular complexity index is 354. The fourth-order valence-corrected chi connectivity index (χ4v) is 2.34. The number of halogens is 1. The van der Waals surface area contributed by atoms with Gasteiger partial charge in [-0.25, -0.2) is 4.39 Å². The molecule has 1 fully saturated rings. The highest BCUT2D eigenvalue weighted by molar-refractivity contribution is 5.26. The van der Waals surface area contributed by atoms with Crippen molar-refractivity contribution >= 4 is 0 Å². The van der Waals surface area contributed by atoms with Crippen molar-refractivity contribution in [2.75, 3.05) is 13.1 Å². The van der Waals surface area contributed by atoms with Crippen molar-refractivity contribution in [3.63, 3.8) is 0 Å². The molecule has 0 aliphatic carbocycles. The minimum Gasteiger partial charge on any atom is -0.299 e. The predicted octanol–water partition coefficient (Wildman–Crippen LogP) is 3.54. The van der Waals surface area contributed by atoms with Gasteiger partial charge < -0.3 is 0 Å². The molecule has 0 bridgehead atoms. The van der Waals surface area contributed by atoms with Gasteiger partial charge in [0, 0.05) is 6.54 Å². The summed E-state index contributed by atoms with van der Waals surface area (Å²) in [6.07, 6.45) is 2.57. The standard InChI is InChI=1S/C14H20FN/c1-11(2)13-6-5-12(9-14(13)15)10-16-7-3-4-8-16/h5-6,9,11H,3-4,7-8,10H2,1-2H3. The zero-order chi connectivity index (χ0) is 11.5. The third-order valence-corrected chi connectivity index (χ3v) is 3.29. The van der Waals surface area contributed by atoms with E-state index in [0.29, 0.717) is 0 Å². The number of nitrogens with zero attached hydrogens (tertiary/aromatic N) is 1. The van der Waals surface area contributed by atoms with E-state index in [1.54, 1.807) is 6.07 Å². The molecule has 1 aromatic carbocycles. The van der Waals surface area contributed by atoms with Crippen LogP contribution < -0.4 is 0 Å². The Kier molecular flexibility index (Phi) is 3.59. The summed E-state index contributed by atoms with van der Waals surface area (Å²) in [5.74, 6) is 0.215. The molecule has 16 heavy (non-hydrogen) atoms. The summed E-state index contributed by atoms with van der Waals surface area (Å²) in [4.78, 5) is 2.39. The SMILES string of the molecule is CC(C)c1ccc(CN2CCCC2)cc1F. The second-order valence-electron chi connectivity index (χ2n) is 4.99. The minimum atomic E-state index is -0.0494. The molecule has 0 aromatic heterocycles. The smallest absolute Gasteiger partial charge is 0.126 e. The van der Waals surface area contributed by atoms with Crippen molar-refractivity contribution in [1.29, 1.82) is 0 Å². The maximum absolute atomic E-state index is 13.8. The first-order chi connectivity index (χ1) is 7.66. The second kappa shape index (κ2) is 4.96. The van der Waals surface area contributed by atoms with Crippen LogP contribution in [-0.2, 0) is 6.54 Å². The molecule has 0 saturated carbocycles. The largest absolute Gasteiger partial charge is 0.299 e. The molecule has 1 aliphatic heterocycles.